The second kappa shape index (κ2) is 8.93. The molecule has 2 aromatic carbocycles. The maximum absolute atomic E-state index is 12.4. The van der Waals surface area contributed by atoms with Crippen molar-refractivity contribution in [1.82, 2.24) is 10.2 Å². The van der Waals surface area contributed by atoms with Crippen LogP contribution in [0.1, 0.15) is 5.56 Å². The number of anilines is 1. The van der Waals surface area contributed by atoms with Gasteiger partial charge in [-0.05, 0) is 42.0 Å². The number of rotatable bonds is 5. The number of nitrogens with one attached hydrogen (secondary N) is 1. The predicted molar refractivity (Wildman–Crippen MR) is 102 cm³/mol. The number of benzene rings is 2. The number of halogens is 3. The first-order valence-electron chi connectivity index (χ1n) is 9.10. The number of carbonyl (C=O) groups is 1. The van der Waals surface area contributed by atoms with Crippen LogP contribution in [0.2, 0.25) is 0 Å². The van der Waals surface area contributed by atoms with Crippen molar-refractivity contribution >= 4 is 11.7 Å². The van der Waals surface area contributed by atoms with Crippen molar-refractivity contribution in [2.24, 2.45) is 0 Å². The summed E-state index contributed by atoms with van der Waals surface area (Å²) in [5.41, 5.74) is 1.76. The maximum atomic E-state index is 12.4. The highest BCUT2D eigenvalue weighted by Gasteiger charge is 2.31. The van der Waals surface area contributed by atoms with Gasteiger partial charge in [-0.2, -0.15) is 0 Å². The Morgan fingerprint density at radius 1 is 0.966 bits per heavy atom. The molecule has 29 heavy (non-hydrogen) atoms. The minimum Gasteiger partial charge on any atom is -0.497 e. The van der Waals surface area contributed by atoms with Gasteiger partial charge in [0.25, 0.3) is 0 Å². The third kappa shape index (κ3) is 5.94. The number of piperazine rings is 1. The molecule has 0 saturated carbocycles. The number of ether oxygens (including phenoxy) is 2. The van der Waals surface area contributed by atoms with Crippen LogP contribution in [0.5, 0.6) is 11.5 Å². The van der Waals surface area contributed by atoms with E-state index in [1.807, 2.05) is 24.3 Å². The molecule has 0 atom stereocenters. The molecule has 0 aromatic heterocycles. The number of hydrogen-bond acceptors (Lipinski definition) is 4. The summed E-state index contributed by atoms with van der Waals surface area (Å²) in [7, 11) is 1.62. The van der Waals surface area contributed by atoms with Gasteiger partial charge in [0.2, 0.25) is 0 Å². The average Bonchev–Trinajstić information content (AvgIpc) is 2.72. The molecule has 6 nitrogen and oxygen atoms in total. The van der Waals surface area contributed by atoms with E-state index in [4.69, 9.17) is 4.74 Å². The van der Waals surface area contributed by atoms with E-state index >= 15 is 0 Å². The Hall–Kier alpha value is -3.10. The van der Waals surface area contributed by atoms with E-state index < -0.39 is 6.36 Å². The highest BCUT2D eigenvalue weighted by Crippen LogP contribution is 2.23. The number of alkyl halides is 3. The van der Waals surface area contributed by atoms with Gasteiger partial charge in [0.05, 0.1) is 7.11 Å². The molecule has 2 aromatic rings. The first-order chi connectivity index (χ1) is 13.8. The minimum absolute atomic E-state index is 0.199. The molecule has 1 saturated heterocycles. The molecule has 9 heteroatoms. The summed E-state index contributed by atoms with van der Waals surface area (Å²) in [5, 5.41) is 2.79. The van der Waals surface area contributed by atoms with E-state index in [-0.39, 0.29) is 18.3 Å². The van der Waals surface area contributed by atoms with Crippen LogP contribution in [-0.4, -0.2) is 50.6 Å². The Morgan fingerprint density at radius 2 is 1.55 bits per heavy atom. The second-order valence-corrected chi connectivity index (χ2v) is 6.52. The molecule has 1 fully saturated rings. The Morgan fingerprint density at radius 3 is 2.10 bits per heavy atom. The topological polar surface area (TPSA) is 54.0 Å². The van der Waals surface area contributed by atoms with Gasteiger partial charge in [0.1, 0.15) is 11.5 Å². The first-order valence-corrected chi connectivity index (χ1v) is 9.10. The third-order valence-corrected chi connectivity index (χ3v) is 4.61. The number of hydrogen-bond donors (Lipinski definition) is 1. The summed E-state index contributed by atoms with van der Waals surface area (Å²) in [6, 6.07) is 13.0. The molecule has 0 unspecified atom stereocenters. The van der Waals surface area contributed by atoms with Gasteiger partial charge in [-0.3, -0.25) is 0 Å². The standard InChI is InChI=1S/C20H22F3N3O3/c1-28-17-8-4-16(5-9-17)25-10-12-26(13-11-25)19(27)24-14-15-2-6-18(7-3-15)29-20(21,22)23/h2-9H,10-14H2,1H3,(H,24,27). The average molecular weight is 409 g/mol. The lowest BCUT2D eigenvalue weighted by atomic mass is 10.2. The Bertz CT molecular complexity index is 802. The van der Waals surface area contributed by atoms with E-state index in [0.717, 1.165) is 11.4 Å². The lowest BCUT2D eigenvalue weighted by molar-refractivity contribution is -0.274. The summed E-state index contributed by atoms with van der Waals surface area (Å²) in [5.74, 6) is 0.506. The zero-order valence-electron chi connectivity index (χ0n) is 15.9. The van der Waals surface area contributed by atoms with Crippen molar-refractivity contribution in [3.05, 3.63) is 54.1 Å². The molecule has 1 aliphatic heterocycles. The molecule has 1 aliphatic rings. The monoisotopic (exact) mass is 409 g/mol. The summed E-state index contributed by atoms with van der Waals surface area (Å²) in [6.07, 6.45) is -4.72. The molecule has 0 spiro atoms. The zero-order valence-corrected chi connectivity index (χ0v) is 15.9. The van der Waals surface area contributed by atoms with Gasteiger partial charge in [-0.25, -0.2) is 4.79 Å². The van der Waals surface area contributed by atoms with Gasteiger partial charge >= 0.3 is 12.4 Å². The van der Waals surface area contributed by atoms with E-state index in [1.165, 1.54) is 24.3 Å². The minimum atomic E-state index is -4.72. The fourth-order valence-corrected chi connectivity index (χ4v) is 3.06. The van der Waals surface area contributed by atoms with Crippen molar-refractivity contribution in [2.45, 2.75) is 12.9 Å². The summed E-state index contributed by atoms with van der Waals surface area (Å²) < 4.78 is 45.5. The fourth-order valence-electron chi connectivity index (χ4n) is 3.06. The Labute approximate surface area is 166 Å². The molecule has 3 rings (SSSR count). The quantitative estimate of drug-likeness (QED) is 0.820. The number of urea groups is 1. The molecule has 2 amide bonds. The summed E-state index contributed by atoms with van der Waals surface area (Å²) in [6.45, 7) is 2.81. The lowest BCUT2D eigenvalue weighted by Gasteiger charge is -2.36. The van der Waals surface area contributed by atoms with Crippen molar-refractivity contribution < 1.29 is 27.4 Å². The molecule has 1 N–H and O–H groups in total. The smallest absolute Gasteiger partial charge is 0.497 e. The van der Waals surface area contributed by atoms with Crippen LogP contribution < -0.4 is 19.7 Å². The van der Waals surface area contributed by atoms with Crippen molar-refractivity contribution in [2.75, 3.05) is 38.2 Å². The second-order valence-electron chi connectivity index (χ2n) is 6.52. The Kier molecular flexibility index (Phi) is 6.36. The van der Waals surface area contributed by atoms with Gasteiger partial charge in [0.15, 0.2) is 0 Å². The predicted octanol–water partition coefficient (Wildman–Crippen LogP) is 3.63. The van der Waals surface area contributed by atoms with E-state index in [1.54, 1.807) is 12.0 Å². The van der Waals surface area contributed by atoms with Gasteiger partial charge in [-0.15, -0.1) is 13.2 Å². The van der Waals surface area contributed by atoms with E-state index in [9.17, 15) is 18.0 Å². The maximum Gasteiger partial charge on any atom is 0.573 e. The van der Waals surface area contributed by atoms with Crippen molar-refractivity contribution in [1.29, 1.82) is 0 Å². The van der Waals surface area contributed by atoms with E-state index in [2.05, 4.69) is 15.0 Å². The molecular weight excluding hydrogens is 387 g/mol. The van der Waals surface area contributed by atoms with Crippen LogP contribution >= 0.6 is 0 Å². The van der Waals surface area contributed by atoms with Crippen LogP contribution in [-0.2, 0) is 6.54 Å². The number of methoxy groups -OCH3 is 1. The highest BCUT2D eigenvalue weighted by atomic mass is 19.4. The highest BCUT2D eigenvalue weighted by molar-refractivity contribution is 5.74. The van der Waals surface area contributed by atoms with Gasteiger partial charge in [0, 0.05) is 38.4 Å². The van der Waals surface area contributed by atoms with Crippen LogP contribution in [0.15, 0.2) is 48.5 Å². The molecule has 0 bridgehead atoms. The van der Waals surface area contributed by atoms with Crippen LogP contribution in [0.4, 0.5) is 23.7 Å². The van der Waals surface area contributed by atoms with Gasteiger partial charge < -0.3 is 24.6 Å². The summed E-state index contributed by atoms with van der Waals surface area (Å²) >= 11 is 0. The first kappa shape index (κ1) is 20.6. The fraction of sp³-hybridized carbons (Fsp3) is 0.350. The van der Waals surface area contributed by atoms with E-state index in [0.29, 0.717) is 31.7 Å². The number of amides is 2. The van der Waals surface area contributed by atoms with Crippen LogP contribution in [0.25, 0.3) is 0 Å². The van der Waals surface area contributed by atoms with Crippen molar-refractivity contribution in [3.63, 3.8) is 0 Å². The van der Waals surface area contributed by atoms with Crippen LogP contribution in [0, 0.1) is 0 Å². The largest absolute Gasteiger partial charge is 0.573 e. The molecule has 0 aliphatic carbocycles. The molecule has 1 heterocycles. The molecule has 156 valence electrons. The zero-order chi connectivity index (χ0) is 20.9. The summed E-state index contributed by atoms with van der Waals surface area (Å²) in [4.78, 5) is 16.3. The van der Waals surface area contributed by atoms with Crippen molar-refractivity contribution in [3.8, 4) is 11.5 Å². The third-order valence-electron chi connectivity index (χ3n) is 4.61. The number of carbonyl (C=O) groups excluding carboxylic acids is 1. The number of nitrogens with zero attached hydrogens (tertiary/aromatic N) is 2. The Balaban J connectivity index is 1.44. The SMILES string of the molecule is COc1ccc(N2CCN(C(=O)NCc3ccc(OC(F)(F)F)cc3)CC2)cc1. The lowest BCUT2D eigenvalue weighted by Crippen LogP contribution is -2.51. The van der Waals surface area contributed by atoms with Crippen LogP contribution in [0.3, 0.4) is 0 Å². The molecular formula is C20H22F3N3O3. The normalized spacial score (nSPS) is 14.5. The van der Waals surface area contributed by atoms with Gasteiger partial charge in [-0.1, -0.05) is 12.1 Å². The molecule has 0 radical (unpaired) electrons.